The van der Waals surface area contributed by atoms with Gasteiger partial charge in [-0.2, -0.15) is 0 Å². The Labute approximate surface area is 144 Å². The SMILES string of the molecule is COc1ccccc1OCCNC(=S)Nc1ccc([N+](=O)[O-])cc1. The number of hydrogen-bond acceptors (Lipinski definition) is 5. The molecular weight excluding hydrogens is 330 g/mol. The summed E-state index contributed by atoms with van der Waals surface area (Å²) in [6, 6.07) is 13.4. The van der Waals surface area contributed by atoms with Crippen LogP contribution in [0.25, 0.3) is 0 Å². The molecule has 0 radical (unpaired) electrons. The van der Waals surface area contributed by atoms with Gasteiger partial charge in [0, 0.05) is 17.8 Å². The zero-order valence-electron chi connectivity index (χ0n) is 13.0. The second-order valence-corrected chi connectivity index (χ2v) is 5.09. The highest BCUT2D eigenvalue weighted by atomic mass is 32.1. The minimum Gasteiger partial charge on any atom is -0.493 e. The molecule has 0 saturated heterocycles. The molecule has 24 heavy (non-hydrogen) atoms. The smallest absolute Gasteiger partial charge is 0.269 e. The number of para-hydroxylation sites is 2. The second kappa shape index (κ2) is 8.68. The van der Waals surface area contributed by atoms with E-state index in [9.17, 15) is 10.1 Å². The monoisotopic (exact) mass is 347 g/mol. The highest BCUT2D eigenvalue weighted by molar-refractivity contribution is 7.80. The first-order valence-electron chi connectivity index (χ1n) is 7.15. The molecule has 0 aliphatic rings. The van der Waals surface area contributed by atoms with E-state index in [1.165, 1.54) is 12.1 Å². The third kappa shape index (κ3) is 5.10. The molecule has 0 atom stereocenters. The number of anilines is 1. The quantitative estimate of drug-likeness (QED) is 0.345. The van der Waals surface area contributed by atoms with Crippen LogP contribution in [0.15, 0.2) is 48.5 Å². The zero-order chi connectivity index (χ0) is 17.4. The third-order valence-corrected chi connectivity index (χ3v) is 3.30. The number of hydrogen-bond donors (Lipinski definition) is 2. The maximum atomic E-state index is 10.6. The second-order valence-electron chi connectivity index (χ2n) is 4.68. The number of nitro groups is 1. The van der Waals surface area contributed by atoms with E-state index in [-0.39, 0.29) is 5.69 Å². The first-order valence-corrected chi connectivity index (χ1v) is 7.56. The van der Waals surface area contributed by atoms with Crippen LogP contribution < -0.4 is 20.1 Å². The average Bonchev–Trinajstić information content (AvgIpc) is 2.59. The summed E-state index contributed by atoms with van der Waals surface area (Å²) in [7, 11) is 1.59. The van der Waals surface area contributed by atoms with Crippen molar-refractivity contribution >= 4 is 28.7 Å². The number of nitrogens with one attached hydrogen (secondary N) is 2. The molecule has 0 fully saturated rings. The Morgan fingerprint density at radius 1 is 1.17 bits per heavy atom. The summed E-state index contributed by atoms with van der Waals surface area (Å²) in [6.07, 6.45) is 0. The predicted octanol–water partition coefficient (Wildman–Crippen LogP) is 2.97. The van der Waals surface area contributed by atoms with Crippen LogP contribution in [0.4, 0.5) is 11.4 Å². The number of non-ortho nitro benzene ring substituents is 1. The van der Waals surface area contributed by atoms with Crippen LogP contribution >= 0.6 is 12.2 Å². The topological polar surface area (TPSA) is 85.7 Å². The molecule has 0 spiro atoms. The van der Waals surface area contributed by atoms with Gasteiger partial charge in [0.2, 0.25) is 0 Å². The molecule has 2 rings (SSSR count). The Kier molecular flexibility index (Phi) is 6.32. The number of methoxy groups -OCH3 is 1. The van der Waals surface area contributed by atoms with Gasteiger partial charge in [-0.15, -0.1) is 0 Å². The number of rotatable bonds is 7. The molecule has 0 aliphatic carbocycles. The van der Waals surface area contributed by atoms with Crippen molar-refractivity contribution in [3.63, 3.8) is 0 Å². The zero-order valence-corrected chi connectivity index (χ0v) is 13.8. The van der Waals surface area contributed by atoms with E-state index in [4.69, 9.17) is 21.7 Å². The number of benzene rings is 2. The van der Waals surface area contributed by atoms with Crippen molar-refractivity contribution in [2.45, 2.75) is 0 Å². The molecule has 0 unspecified atom stereocenters. The van der Waals surface area contributed by atoms with Crippen molar-refractivity contribution in [1.82, 2.24) is 5.32 Å². The molecule has 0 amide bonds. The standard InChI is InChI=1S/C16H17N3O4S/c1-22-14-4-2-3-5-15(14)23-11-10-17-16(24)18-12-6-8-13(9-7-12)19(20)21/h2-9H,10-11H2,1H3,(H2,17,18,24). The maximum Gasteiger partial charge on any atom is 0.269 e. The molecule has 7 nitrogen and oxygen atoms in total. The first kappa shape index (κ1) is 17.5. The largest absolute Gasteiger partial charge is 0.493 e. The molecule has 2 aromatic rings. The first-order chi connectivity index (χ1) is 11.6. The summed E-state index contributed by atoms with van der Waals surface area (Å²) in [6.45, 7) is 0.902. The van der Waals surface area contributed by atoms with Crippen LogP contribution in [0.3, 0.4) is 0 Å². The summed E-state index contributed by atoms with van der Waals surface area (Å²) < 4.78 is 10.8. The Hall–Kier alpha value is -2.87. The normalized spacial score (nSPS) is 9.88. The third-order valence-electron chi connectivity index (χ3n) is 3.05. The van der Waals surface area contributed by atoms with Gasteiger partial charge in [0.15, 0.2) is 16.6 Å². The van der Waals surface area contributed by atoms with Crippen LogP contribution in [-0.4, -0.2) is 30.3 Å². The highest BCUT2D eigenvalue weighted by Crippen LogP contribution is 2.25. The van der Waals surface area contributed by atoms with Gasteiger partial charge >= 0.3 is 0 Å². The van der Waals surface area contributed by atoms with Crippen molar-refractivity contribution in [3.8, 4) is 11.5 Å². The van der Waals surface area contributed by atoms with Crippen molar-refractivity contribution in [2.24, 2.45) is 0 Å². The van der Waals surface area contributed by atoms with Crippen LogP contribution in [0.5, 0.6) is 11.5 Å². The molecule has 0 bridgehead atoms. The number of ether oxygens (including phenoxy) is 2. The molecule has 0 aromatic heterocycles. The fourth-order valence-corrected chi connectivity index (χ4v) is 2.13. The van der Waals surface area contributed by atoms with Gasteiger partial charge in [-0.05, 0) is 36.5 Å². The van der Waals surface area contributed by atoms with Crippen LogP contribution in [0, 0.1) is 10.1 Å². The Morgan fingerprint density at radius 2 is 1.83 bits per heavy atom. The maximum absolute atomic E-state index is 10.6. The molecule has 0 heterocycles. The van der Waals surface area contributed by atoms with Crippen molar-refractivity contribution in [2.75, 3.05) is 25.6 Å². The number of thiocarbonyl (C=S) groups is 1. The number of nitro benzene ring substituents is 1. The van der Waals surface area contributed by atoms with Gasteiger partial charge in [-0.1, -0.05) is 12.1 Å². The van der Waals surface area contributed by atoms with Crippen LogP contribution in [0.2, 0.25) is 0 Å². The van der Waals surface area contributed by atoms with Crippen molar-refractivity contribution in [3.05, 3.63) is 58.6 Å². The van der Waals surface area contributed by atoms with Crippen LogP contribution in [0.1, 0.15) is 0 Å². The Balaban J connectivity index is 1.74. The predicted molar refractivity (Wildman–Crippen MR) is 95.8 cm³/mol. The lowest BCUT2D eigenvalue weighted by Gasteiger charge is -2.12. The molecular formula is C16H17N3O4S. The minimum absolute atomic E-state index is 0.0321. The van der Waals surface area contributed by atoms with E-state index in [1.807, 2.05) is 24.3 Å². The Morgan fingerprint density at radius 3 is 2.46 bits per heavy atom. The van der Waals surface area contributed by atoms with E-state index in [1.54, 1.807) is 19.2 Å². The van der Waals surface area contributed by atoms with Gasteiger partial charge in [0.1, 0.15) is 6.61 Å². The average molecular weight is 347 g/mol. The van der Waals surface area contributed by atoms with Crippen molar-refractivity contribution < 1.29 is 14.4 Å². The summed E-state index contributed by atoms with van der Waals surface area (Å²) in [4.78, 5) is 10.1. The molecule has 8 heteroatoms. The van der Waals surface area contributed by atoms with Crippen LogP contribution in [-0.2, 0) is 0 Å². The van der Waals surface area contributed by atoms with E-state index in [0.29, 0.717) is 35.5 Å². The van der Waals surface area contributed by atoms with Gasteiger partial charge < -0.3 is 20.1 Å². The molecule has 2 aromatic carbocycles. The van der Waals surface area contributed by atoms with Gasteiger partial charge in [0.25, 0.3) is 5.69 Å². The summed E-state index contributed by atoms with van der Waals surface area (Å²) >= 11 is 5.16. The van der Waals surface area contributed by atoms with E-state index in [2.05, 4.69) is 10.6 Å². The lowest BCUT2D eigenvalue weighted by atomic mass is 10.3. The van der Waals surface area contributed by atoms with E-state index in [0.717, 1.165) is 0 Å². The molecule has 2 N–H and O–H groups in total. The molecule has 0 aliphatic heterocycles. The lowest BCUT2D eigenvalue weighted by molar-refractivity contribution is -0.384. The lowest BCUT2D eigenvalue weighted by Crippen LogP contribution is -2.31. The summed E-state index contributed by atoms with van der Waals surface area (Å²) in [5.41, 5.74) is 0.702. The van der Waals surface area contributed by atoms with E-state index < -0.39 is 4.92 Å². The van der Waals surface area contributed by atoms with E-state index >= 15 is 0 Å². The number of nitrogens with zero attached hydrogens (tertiary/aromatic N) is 1. The van der Waals surface area contributed by atoms with Gasteiger partial charge in [-0.25, -0.2) is 0 Å². The van der Waals surface area contributed by atoms with Crippen molar-refractivity contribution in [1.29, 1.82) is 0 Å². The summed E-state index contributed by atoms with van der Waals surface area (Å²) in [5, 5.41) is 16.9. The fraction of sp³-hybridized carbons (Fsp3) is 0.188. The molecule has 0 saturated carbocycles. The minimum atomic E-state index is -0.449. The summed E-state index contributed by atoms with van der Waals surface area (Å²) in [5.74, 6) is 1.33. The highest BCUT2D eigenvalue weighted by Gasteiger charge is 2.05. The fourth-order valence-electron chi connectivity index (χ4n) is 1.91. The van der Waals surface area contributed by atoms with Gasteiger partial charge in [0.05, 0.1) is 18.6 Å². The Bertz CT molecular complexity index is 707. The molecule has 126 valence electrons. The van der Waals surface area contributed by atoms with Gasteiger partial charge in [-0.3, -0.25) is 10.1 Å².